The molecule has 1 aliphatic heterocycles. The van der Waals surface area contributed by atoms with Crippen molar-refractivity contribution in [1.29, 1.82) is 0 Å². The van der Waals surface area contributed by atoms with Gasteiger partial charge in [-0.15, -0.1) is 0 Å². The Morgan fingerprint density at radius 2 is 2.29 bits per heavy atom. The van der Waals surface area contributed by atoms with Gasteiger partial charge in [0.25, 0.3) is 0 Å². The van der Waals surface area contributed by atoms with E-state index in [9.17, 15) is 0 Å². The topological polar surface area (TPSA) is 21.3 Å². The zero-order valence-electron chi connectivity index (χ0n) is 10.9. The highest BCUT2D eigenvalue weighted by atomic mass is 16.5. The van der Waals surface area contributed by atoms with Crippen LogP contribution in [0.15, 0.2) is 24.3 Å². The molecule has 1 saturated heterocycles. The summed E-state index contributed by atoms with van der Waals surface area (Å²) in [5, 5.41) is 3.57. The van der Waals surface area contributed by atoms with Crippen molar-refractivity contribution in [3.63, 3.8) is 0 Å². The summed E-state index contributed by atoms with van der Waals surface area (Å²) < 4.78 is 5.73. The van der Waals surface area contributed by atoms with Gasteiger partial charge in [0.05, 0.1) is 6.10 Å². The molecule has 2 heteroatoms. The summed E-state index contributed by atoms with van der Waals surface area (Å²) in [6, 6.07) is 9.10. The van der Waals surface area contributed by atoms with Gasteiger partial charge in [0.2, 0.25) is 0 Å². The molecular formula is C15H23NO. The van der Waals surface area contributed by atoms with Gasteiger partial charge in [0.15, 0.2) is 0 Å². The summed E-state index contributed by atoms with van der Waals surface area (Å²) in [7, 11) is 0. The van der Waals surface area contributed by atoms with Gasteiger partial charge in [-0.05, 0) is 38.7 Å². The first-order valence-corrected chi connectivity index (χ1v) is 6.67. The SMILES string of the molecule is Cc1cccc([C@@H](C)NCC2CCCCO2)c1. The monoisotopic (exact) mass is 233 g/mol. The van der Waals surface area contributed by atoms with E-state index in [-0.39, 0.29) is 0 Å². The van der Waals surface area contributed by atoms with E-state index < -0.39 is 0 Å². The van der Waals surface area contributed by atoms with E-state index in [0.29, 0.717) is 12.1 Å². The minimum atomic E-state index is 0.403. The number of aryl methyl sites for hydroxylation is 1. The second kappa shape index (κ2) is 6.18. The van der Waals surface area contributed by atoms with Gasteiger partial charge in [-0.2, -0.15) is 0 Å². The van der Waals surface area contributed by atoms with Crippen molar-refractivity contribution in [3.8, 4) is 0 Å². The van der Waals surface area contributed by atoms with E-state index in [1.54, 1.807) is 0 Å². The van der Waals surface area contributed by atoms with Crippen molar-refractivity contribution in [1.82, 2.24) is 5.32 Å². The van der Waals surface area contributed by atoms with E-state index in [0.717, 1.165) is 13.2 Å². The molecule has 2 rings (SSSR count). The first kappa shape index (κ1) is 12.6. The Morgan fingerprint density at radius 1 is 1.41 bits per heavy atom. The van der Waals surface area contributed by atoms with E-state index in [4.69, 9.17) is 4.74 Å². The lowest BCUT2D eigenvalue weighted by Gasteiger charge is -2.25. The number of hydrogen-bond acceptors (Lipinski definition) is 2. The highest BCUT2D eigenvalue weighted by molar-refractivity contribution is 5.24. The lowest BCUT2D eigenvalue weighted by atomic mass is 10.0. The molecule has 0 radical (unpaired) electrons. The van der Waals surface area contributed by atoms with Crippen molar-refractivity contribution in [2.24, 2.45) is 0 Å². The molecule has 0 amide bonds. The molecule has 1 heterocycles. The van der Waals surface area contributed by atoms with Crippen molar-refractivity contribution in [3.05, 3.63) is 35.4 Å². The molecule has 17 heavy (non-hydrogen) atoms. The van der Waals surface area contributed by atoms with E-state index in [2.05, 4.69) is 43.4 Å². The minimum absolute atomic E-state index is 0.403. The average molecular weight is 233 g/mol. The fourth-order valence-corrected chi connectivity index (χ4v) is 2.33. The largest absolute Gasteiger partial charge is 0.377 e. The van der Waals surface area contributed by atoms with Gasteiger partial charge in [0, 0.05) is 19.2 Å². The normalized spacial score (nSPS) is 22.4. The Kier molecular flexibility index (Phi) is 4.57. The van der Waals surface area contributed by atoms with Crippen LogP contribution in [-0.4, -0.2) is 19.3 Å². The van der Waals surface area contributed by atoms with Crippen LogP contribution in [-0.2, 0) is 4.74 Å². The maximum Gasteiger partial charge on any atom is 0.0699 e. The van der Waals surface area contributed by atoms with E-state index in [1.807, 2.05) is 0 Å². The lowest BCUT2D eigenvalue weighted by molar-refractivity contribution is 0.0156. The maximum atomic E-state index is 5.73. The first-order valence-electron chi connectivity index (χ1n) is 6.67. The molecule has 1 aliphatic rings. The summed E-state index contributed by atoms with van der Waals surface area (Å²) >= 11 is 0. The van der Waals surface area contributed by atoms with Gasteiger partial charge >= 0.3 is 0 Å². The van der Waals surface area contributed by atoms with Crippen LogP contribution < -0.4 is 5.32 Å². The molecule has 1 unspecified atom stereocenters. The standard InChI is InChI=1S/C15H23NO/c1-12-6-5-7-14(10-12)13(2)16-11-15-8-3-4-9-17-15/h5-7,10,13,15-16H,3-4,8-9,11H2,1-2H3/t13-,15?/m1/s1. The van der Waals surface area contributed by atoms with Crippen LogP contribution >= 0.6 is 0 Å². The predicted molar refractivity (Wildman–Crippen MR) is 71.2 cm³/mol. The molecule has 1 aromatic carbocycles. The van der Waals surface area contributed by atoms with Crippen molar-refractivity contribution < 1.29 is 4.74 Å². The van der Waals surface area contributed by atoms with Crippen LogP contribution in [0.4, 0.5) is 0 Å². The fraction of sp³-hybridized carbons (Fsp3) is 0.600. The predicted octanol–water partition coefficient (Wildman–Crippen LogP) is 3.21. The average Bonchev–Trinajstić information content (AvgIpc) is 2.37. The smallest absolute Gasteiger partial charge is 0.0699 e. The van der Waals surface area contributed by atoms with Crippen LogP contribution in [0, 0.1) is 6.92 Å². The third kappa shape index (κ3) is 3.83. The quantitative estimate of drug-likeness (QED) is 0.862. The molecular weight excluding hydrogens is 210 g/mol. The van der Waals surface area contributed by atoms with E-state index in [1.165, 1.54) is 30.4 Å². The number of nitrogens with one attached hydrogen (secondary N) is 1. The van der Waals surface area contributed by atoms with Crippen molar-refractivity contribution >= 4 is 0 Å². The molecule has 0 aliphatic carbocycles. The molecule has 0 aromatic heterocycles. The molecule has 2 nitrogen and oxygen atoms in total. The van der Waals surface area contributed by atoms with Gasteiger partial charge in [-0.1, -0.05) is 29.8 Å². The third-order valence-electron chi connectivity index (χ3n) is 3.47. The maximum absolute atomic E-state index is 5.73. The van der Waals surface area contributed by atoms with Gasteiger partial charge in [-0.3, -0.25) is 0 Å². The number of ether oxygens (including phenoxy) is 1. The molecule has 1 aromatic rings. The Balaban J connectivity index is 1.82. The molecule has 0 spiro atoms. The molecule has 94 valence electrons. The highest BCUT2D eigenvalue weighted by Gasteiger charge is 2.14. The Morgan fingerprint density at radius 3 is 3.00 bits per heavy atom. The first-order chi connectivity index (χ1) is 8.25. The lowest BCUT2D eigenvalue weighted by Crippen LogP contribution is -2.33. The van der Waals surface area contributed by atoms with Crippen molar-refractivity contribution in [2.75, 3.05) is 13.2 Å². The molecule has 1 N–H and O–H groups in total. The summed E-state index contributed by atoms with van der Waals surface area (Å²) in [5.74, 6) is 0. The fourth-order valence-electron chi connectivity index (χ4n) is 2.33. The van der Waals surface area contributed by atoms with Crippen LogP contribution in [0.2, 0.25) is 0 Å². The Labute approximate surface area is 104 Å². The second-order valence-electron chi connectivity index (χ2n) is 5.03. The summed E-state index contributed by atoms with van der Waals surface area (Å²) in [5.41, 5.74) is 2.69. The second-order valence-corrected chi connectivity index (χ2v) is 5.03. The van der Waals surface area contributed by atoms with Crippen LogP contribution in [0.3, 0.4) is 0 Å². The van der Waals surface area contributed by atoms with Gasteiger partial charge < -0.3 is 10.1 Å². The van der Waals surface area contributed by atoms with E-state index >= 15 is 0 Å². The van der Waals surface area contributed by atoms with Gasteiger partial charge in [0.1, 0.15) is 0 Å². The molecule has 0 bridgehead atoms. The van der Waals surface area contributed by atoms with Crippen LogP contribution in [0.1, 0.15) is 43.4 Å². The number of hydrogen-bond donors (Lipinski definition) is 1. The third-order valence-corrected chi connectivity index (χ3v) is 3.47. The zero-order chi connectivity index (χ0) is 12.1. The molecule has 1 fully saturated rings. The summed E-state index contributed by atoms with van der Waals surface area (Å²) in [6.45, 7) is 6.26. The molecule has 2 atom stereocenters. The Bertz CT molecular complexity index is 345. The molecule has 0 saturated carbocycles. The van der Waals surface area contributed by atoms with Crippen molar-refractivity contribution in [2.45, 2.75) is 45.3 Å². The zero-order valence-corrected chi connectivity index (χ0v) is 10.9. The number of rotatable bonds is 4. The summed E-state index contributed by atoms with van der Waals surface area (Å²) in [6.07, 6.45) is 4.15. The minimum Gasteiger partial charge on any atom is -0.377 e. The number of benzene rings is 1. The highest BCUT2D eigenvalue weighted by Crippen LogP contribution is 2.16. The Hall–Kier alpha value is -0.860. The van der Waals surface area contributed by atoms with Crippen LogP contribution in [0.5, 0.6) is 0 Å². The summed E-state index contributed by atoms with van der Waals surface area (Å²) in [4.78, 5) is 0. The van der Waals surface area contributed by atoms with Gasteiger partial charge in [-0.25, -0.2) is 0 Å². The van der Waals surface area contributed by atoms with Crippen LogP contribution in [0.25, 0.3) is 0 Å².